The lowest BCUT2D eigenvalue weighted by atomic mass is 10.1. The van der Waals surface area contributed by atoms with E-state index in [9.17, 15) is 4.79 Å². The quantitative estimate of drug-likeness (QED) is 0.849. The van der Waals surface area contributed by atoms with Gasteiger partial charge in [0.05, 0.1) is 0 Å². The van der Waals surface area contributed by atoms with E-state index in [1.165, 1.54) is 22.2 Å². The second kappa shape index (κ2) is 5.43. The van der Waals surface area contributed by atoms with Crippen molar-refractivity contribution in [3.63, 3.8) is 0 Å². The van der Waals surface area contributed by atoms with Crippen molar-refractivity contribution in [3.8, 4) is 0 Å². The van der Waals surface area contributed by atoms with Crippen molar-refractivity contribution in [1.82, 2.24) is 4.90 Å². The lowest BCUT2D eigenvalue weighted by molar-refractivity contribution is -0.118. The van der Waals surface area contributed by atoms with Crippen molar-refractivity contribution in [2.24, 2.45) is 0 Å². The molecule has 1 saturated heterocycles. The van der Waals surface area contributed by atoms with Crippen LogP contribution in [0.25, 0.3) is 0 Å². The van der Waals surface area contributed by atoms with E-state index in [-0.39, 0.29) is 0 Å². The zero-order valence-electron chi connectivity index (χ0n) is 9.41. The Morgan fingerprint density at radius 2 is 2.50 bits per heavy atom. The van der Waals surface area contributed by atoms with E-state index in [4.69, 9.17) is 0 Å². The SMILES string of the molecule is CC(=O)CC1CCCN1Cc1sccc1Br. The average molecular weight is 302 g/mol. The van der Waals surface area contributed by atoms with E-state index in [0.717, 1.165) is 13.1 Å². The van der Waals surface area contributed by atoms with Gasteiger partial charge in [0.1, 0.15) is 5.78 Å². The number of thiophene rings is 1. The molecular weight excluding hydrogens is 286 g/mol. The zero-order chi connectivity index (χ0) is 11.5. The Bertz CT molecular complexity index is 377. The number of hydrogen-bond acceptors (Lipinski definition) is 3. The Morgan fingerprint density at radius 1 is 1.69 bits per heavy atom. The predicted octanol–water partition coefficient (Wildman–Crippen LogP) is 3.45. The van der Waals surface area contributed by atoms with E-state index >= 15 is 0 Å². The molecule has 2 rings (SSSR count). The molecule has 4 heteroatoms. The van der Waals surface area contributed by atoms with Crippen LogP contribution in [0.5, 0.6) is 0 Å². The molecule has 16 heavy (non-hydrogen) atoms. The number of carbonyl (C=O) groups is 1. The molecule has 1 aliphatic heterocycles. The average Bonchev–Trinajstić information content (AvgIpc) is 2.78. The molecule has 1 atom stereocenters. The second-order valence-electron chi connectivity index (χ2n) is 4.36. The number of hydrogen-bond donors (Lipinski definition) is 0. The number of likely N-dealkylation sites (tertiary alicyclic amines) is 1. The Kier molecular flexibility index (Phi) is 4.16. The fraction of sp³-hybridized carbons (Fsp3) is 0.583. The van der Waals surface area contributed by atoms with Crippen molar-refractivity contribution in [2.75, 3.05) is 6.54 Å². The number of ketones is 1. The summed E-state index contributed by atoms with van der Waals surface area (Å²) in [6, 6.07) is 2.56. The smallest absolute Gasteiger partial charge is 0.131 e. The topological polar surface area (TPSA) is 20.3 Å². The van der Waals surface area contributed by atoms with Crippen LogP contribution in [0.15, 0.2) is 15.9 Å². The van der Waals surface area contributed by atoms with Gasteiger partial charge in [0, 0.05) is 28.4 Å². The fourth-order valence-electron chi connectivity index (χ4n) is 2.29. The van der Waals surface area contributed by atoms with Gasteiger partial charge in [-0.15, -0.1) is 11.3 Å². The lowest BCUT2D eigenvalue weighted by Gasteiger charge is -2.23. The van der Waals surface area contributed by atoms with Gasteiger partial charge in [-0.1, -0.05) is 0 Å². The number of rotatable bonds is 4. The van der Waals surface area contributed by atoms with Crippen LogP contribution in [0.4, 0.5) is 0 Å². The highest BCUT2D eigenvalue weighted by Gasteiger charge is 2.26. The number of Topliss-reactive ketones (excluding diaryl/α,β-unsaturated/α-hetero) is 1. The Hall–Kier alpha value is -0.190. The summed E-state index contributed by atoms with van der Waals surface area (Å²) in [5.41, 5.74) is 0. The standard InChI is InChI=1S/C12H16BrNOS/c1-9(15)7-10-3-2-5-14(10)8-12-11(13)4-6-16-12/h4,6,10H,2-3,5,7-8H2,1H3. The van der Waals surface area contributed by atoms with Crippen LogP contribution in [0, 0.1) is 0 Å². The maximum absolute atomic E-state index is 11.2. The van der Waals surface area contributed by atoms with Gasteiger partial charge in [-0.3, -0.25) is 9.69 Å². The van der Waals surface area contributed by atoms with Crippen LogP contribution in [-0.2, 0) is 11.3 Å². The van der Waals surface area contributed by atoms with Gasteiger partial charge in [-0.05, 0) is 53.7 Å². The number of halogens is 1. The maximum atomic E-state index is 11.2. The molecule has 0 spiro atoms. The molecule has 0 amide bonds. The van der Waals surface area contributed by atoms with Crippen molar-refractivity contribution in [2.45, 2.75) is 38.8 Å². The third-order valence-corrected chi connectivity index (χ3v) is 4.97. The minimum Gasteiger partial charge on any atom is -0.300 e. The zero-order valence-corrected chi connectivity index (χ0v) is 11.8. The van der Waals surface area contributed by atoms with Crippen LogP contribution >= 0.6 is 27.3 Å². The monoisotopic (exact) mass is 301 g/mol. The Morgan fingerprint density at radius 3 is 3.12 bits per heavy atom. The summed E-state index contributed by atoms with van der Waals surface area (Å²) in [6.07, 6.45) is 3.10. The van der Waals surface area contributed by atoms with Crippen LogP contribution in [0.2, 0.25) is 0 Å². The van der Waals surface area contributed by atoms with Gasteiger partial charge in [-0.25, -0.2) is 0 Å². The molecule has 0 aromatic carbocycles. The molecule has 2 nitrogen and oxygen atoms in total. The van der Waals surface area contributed by atoms with Crippen molar-refractivity contribution < 1.29 is 4.79 Å². The van der Waals surface area contributed by atoms with Gasteiger partial charge in [-0.2, -0.15) is 0 Å². The summed E-state index contributed by atoms with van der Waals surface area (Å²) in [6.45, 7) is 3.80. The molecule has 0 N–H and O–H groups in total. The normalized spacial score (nSPS) is 21.5. The van der Waals surface area contributed by atoms with Gasteiger partial charge >= 0.3 is 0 Å². The van der Waals surface area contributed by atoms with Crippen molar-refractivity contribution in [1.29, 1.82) is 0 Å². The highest BCUT2D eigenvalue weighted by molar-refractivity contribution is 9.10. The third kappa shape index (κ3) is 2.93. The van der Waals surface area contributed by atoms with E-state index in [0.29, 0.717) is 18.2 Å². The number of carbonyl (C=O) groups excluding carboxylic acids is 1. The first-order valence-corrected chi connectivity index (χ1v) is 7.29. The minimum atomic E-state index is 0.308. The molecule has 0 bridgehead atoms. The van der Waals surface area contributed by atoms with Crippen LogP contribution in [0.1, 0.15) is 31.1 Å². The van der Waals surface area contributed by atoms with Crippen LogP contribution in [-0.4, -0.2) is 23.3 Å². The first-order chi connectivity index (χ1) is 7.66. The fourth-order valence-corrected chi connectivity index (χ4v) is 3.79. The van der Waals surface area contributed by atoms with Crippen molar-refractivity contribution >= 4 is 33.0 Å². The summed E-state index contributed by atoms with van der Waals surface area (Å²) < 4.78 is 1.20. The van der Waals surface area contributed by atoms with E-state index < -0.39 is 0 Å². The highest BCUT2D eigenvalue weighted by Crippen LogP contribution is 2.28. The number of nitrogens with zero attached hydrogens (tertiary/aromatic N) is 1. The molecule has 88 valence electrons. The van der Waals surface area contributed by atoms with E-state index in [1.807, 2.05) is 0 Å². The maximum Gasteiger partial charge on any atom is 0.131 e. The minimum absolute atomic E-state index is 0.308. The van der Waals surface area contributed by atoms with E-state index in [2.05, 4.69) is 32.3 Å². The lowest BCUT2D eigenvalue weighted by Crippen LogP contribution is -2.30. The molecule has 1 aromatic rings. The van der Waals surface area contributed by atoms with E-state index in [1.54, 1.807) is 18.3 Å². The predicted molar refractivity (Wildman–Crippen MR) is 70.7 cm³/mol. The van der Waals surface area contributed by atoms with Crippen molar-refractivity contribution in [3.05, 3.63) is 20.8 Å². The summed E-state index contributed by atoms with van der Waals surface area (Å²) in [5.74, 6) is 0.308. The largest absolute Gasteiger partial charge is 0.300 e. The molecule has 1 fully saturated rings. The van der Waals surface area contributed by atoms with Gasteiger partial charge in [0.25, 0.3) is 0 Å². The first-order valence-electron chi connectivity index (χ1n) is 5.62. The van der Waals surface area contributed by atoms with Crippen LogP contribution in [0.3, 0.4) is 0 Å². The van der Waals surface area contributed by atoms with Gasteiger partial charge in [0.2, 0.25) is 0 Å². The molecule has 2 heterocycles. The third-order valence-electron chi connectivity index (χ3n) is 3.06. The molecule has 0 aliphatic carbocycles. The molecule has 0 radical (unpaired) electrons. The summed E-state index contributed by atoms with van der Waals surface area (Å²) >= 11 is 5.34. The molecule has 1 aliphatic rings. The molecule has 0 saturated carbocycles. The molecule has 1 unspecified atom stereocenters. The first kappa shape index (κ1) is 12.3. The molecule has 1 aromatic heterocycles. The summed E-state index contributed by atoms with van der Waals surface area (Å²) in [5, 5.41) is 2.11. The van der Waals surface area contributed by atoms with Gasteiger partial charge in [0.15, 0.2) is 0 Å². The Labute approximate surface area is 109 Å². The summed E-state index contributed by atoms with van der Waals surface area (Å²) in [4.78, 5) is 15.0. The second-order valence-corrected chi connectivity index (χ2v) is 6.22. The van der Waals surface area contributed by atoms with Gasteiger partial charge < -0.3 is 0 Å². The summed E-state index contributed by atoms with van der Waals surface area (Å²) in [7, 11) is 0. The molecular formula is C12H16BrNOS. The van der Waals surface area contributed by atoms with Crippen LogP contribution < -0.4 is 0 Å². The highest BCUT2D eigenvalue weighted by atomic mass is 79.9. The Balaban J connectivity index is 1.98.